The van der Waals surface area contributed by atoms with Gasteiger partial charge in [0.2, 0.25) is 0 Å². The van der Waals surface area contributed by atoms with E-state index in [-0.39, 0.29) is 29.0 Å². The van der Waals surface area contributed by atoms with Gasteiger partial charge in [-0.1, -0.05) is 13.8 Å². The maximum Gasteiger partial charge on any atom is 0.175 e. The minimum Gasteiger partial charge on any atom is -0.511 e. The fraction of sp³-hybridized carbons (Fsp3) is 0.522. The average Bonchev–Trinajstić information content (AvgIpc) is 2.58. The summed E-state index contributed by atoms with van der Waals surface area (Å²) in [6.45, 7) is 10.9. The SMILES string of the molecule is CC(=O)c1c(O)cc(O)c([C@@H](CC(C)C)C2=C(O)C(C)(C)C(=O)C(C)(C)C2=O)c1O. The third kappa shape index (κ3) is 3.46. The zero-order valence-corrected chi connectivity index (χ0v) is 18.5. The van der Waals surface area contributed by atoms with E-state index in [2.05, 4.69) is 0 Å². The summed E-state index contributed by atoms with van der Waals surface area (Å²) in [5.74, 6) is -4.87. The number of phenolic OH excluding ortho intramolecular Hbond substituents is 3. The fourth-order valence-corrected chi connectivity index (χ4v) is 4.29. The van der Waals surface area contributed by atoms with Crippen LogP contribution in [0.3, 0.4) is 0 Å². The Morgan fingerprint density at radius 2 is 1.50 bits per heavy atom. The lowest BCUT2D eigenvalue weighted by Crippen LogP contribution is -2.49. The van der Waals surface area contributed by atoms with Crippen molar-refractivity contribution in [1.29, 1.82) is 0 Å². The topological polar surface area (TPSA) is 132 Å². The molecular formula is C23H30O7. The number of hydrogen-bond acceptors (Lipinski definition) is 7. The van der Waals surface area contributed by atoms with Crippen LogP contribution in [0.4, 0.5) is 0 Å². The van der Waals surface area contributed by atoms with Gasteiger partial charge >= 0.3 is 0 Å². The number of allylic oxidation sites excluding steroid dienone is 2. The van der Waals surface area contributed by atoms with Crippen molar-refractivity contribution < 1.29 is 34.8 Å². The van der Waals surface area contributed by atoms with Gasteiger partial charge in [0, 0.05) is 23.1 Å². The number of aromatic hydroxyl groups is 3. The lowest BCUT2D eigenvalue weighted by Gasteiger charge is -2.41. The molecule has 1 aromatic carbocycles. The maximum atomic E-state index is 13.3. The van der Waals surface area contributed by atoms with Gasteiger partial charge in [0.1, 0.15) is 28.6 Å². The Balaban J connectivity index is 2.94. The number of Topliss-reactive ketones (excluding diaryl/α,β-unsaturated/α-hetero) is 3. The summed E-state index contributed by atoms with van der Waals surface area (Å²) in [5, 5.41) is 42.4. The molecule has 4 N–H and O–H groups in total. The van der Waals surface area contributed by atoms with Crippen LogP contribution < -0.4 is 0 Å². The number of phenols is 3. The number of hydrogen-bond donors (Lipinski definition) is 4. The van der Waals surface area contributed by atoms with E-state index in [1.807, 2.05) is 13.8 Å². The smallest absolute Gasteiger partial charge is 0.175 e. The summed E-state index contributed by atoms with van der Waals surface area (Å²) in [6.07, 6.45) is 0.231. The summed E-state index contributed by atoms with van der Waals surface area (Å²) in [7, 11) is 0. The van der Waals surface area contributed by atoms with Crippen molar-refractivity contribution in [3.8, 4) is 17.2 Å². The second-order valence-electron chi connectivity index (χ2n) is 9.46. The number of carbonyl (C=O) groups excluding carboxylic acids is 3. The number of rotatable bonds is 5. The predicted octanol–water partition coefficient (Wildman–Crippen LogP) is 4.15. The molecule has 164 valence electrons. The van der Waals surface area contributed by atoms with Gasteiger partial charge < -0.3 is 20.4 Å². The highest BCUT2D eigenvalue weighted by atomic mass is 16.3. The predicted molar refractivity (Wildman–Crippen MR) is 111 cm³/mol. The minimum atomic E-state index is -1.42. The van der Waals surface area contributed by atoms with Crippen LogP contribution in [0.5, 0.6) is 17.2 Å². The van der Waals surface area contributed by atoms with Crippen LogP contribution in [-0.4, -0.2) is 37.8 Å². The normalized spacial score (nSPS) is 19.3. The van der Waals surface area contributed by atoms with Crippen LogP contribution in [-0.2, 0) is 9.59 Å². The minimum absolute atomic E-state index is 0.0414. The fourth-order valence-electron chi connectivity index (χ4n) is 4.29. The van der Waals surface area contributed by atoms with Crippen LogP contribution in [0.1, 0.15) is 76.7 Å². The lowest BCUT2D eigenvalue weighted by molar-refractivity contribution is -0.144. The second kappa shape index (κ2) is 7.45. The van der Waals surface area contributed by atoms with Crippen molar-refractivity contribution in [2.24, 2.45) is 16.7 Å². The summed E-state index contributed by atoms with van der Waals surface area (Å²) in [6, 6.07) is 0.936. The third-order valence-corrected chi connectivity index (χ3v) is 5.85. The first kappa shape index (κ1) is 23.4. The molecule has 7 heteroatoms. The summed E-state index contributed by atoms with van der Waals surface area (Å²) in [4.78, 5) is 38.2. The number of benzene rings is 1. The quantitative estimate of drug-likeness (QED) is 0.417. The van der Waals surface area contributed by atoms with E-state index in [4.69, 9.17) is 0 Å². The van der Waals surface area contributed by atoms with Crippen LogP contribution in [0.2, 0.25) is 0 Å². The molecule has 1 aliphatic carbocycles. The van der Waals surface area contributed by atoms with Crippen LogP contribution in [0.15, 0.2) is 17.4 Å². The number of aliphatic hydroxyl groups is 1. The Hall–Kier alpha value is -2.83. The summed E-state index contributed by atoms with van der Waals surface area (Å²) >= 11 is 0. The van der Waals surface area contributed by atoms with Gasteiger partial charge in [-0.3, -0.25) is 14.4 Å². The molecule has 0 aliphatic heterocycles. The molecule has 2 rings (SSSR count). The molecule has 0 heterocycles. The van der Waals surface area contributed by atoms with Crippen molar-refractivity contribution in [3.63, 3.8) is 0 Å². The largest absolute Gasteiger partial charge is 0.511 e. The molecule has 0 spiro atoms. The molecule has 0 unspecified atom stereocenters. The van der Waals surface area contributed by atoms with Crippen molar-refractivity contribution in [3.05, 3.63) is 28.5 Å². The molecular weight excluding hydrogens is 388 g/mol. The molecule has 0 aromatic heterocycles. The first-order chi connectivity index (χ1) is 13.6. The molecule has 0 radical (unpaired) electrons. The molecule has 1 atom stereocenters. The van der Waals surface area contributed by atoms with E-state index < -0.39 is 57.1 Å². The Morgan fingerprint density at radius 3 is 1.97 bits per heavy atom. The van der Waals surface area contributed by atoms with Crippen molar-refractivity contribution in [1.82, 2.24) is 0 Å². The van der Waals surface area contributed by atoms with Gasteiger partial charge in [-0.25, -0.2) is 0 Å². The highest BCUT2D eigenvalue weighted by Gasteiger charge is 2.54. The number of carbonyl (C=O) groups is 3. The molecule has 0 saturated heterocycles. The molecule has 0 bridgehead atoms. The van der Waals surface area contributed by atoms with Gasteiger partial charge in [0.15, 0.2) is 17.3 Å². The summed E-state index contributed by atoms with van der Waals surface area (Å²) in [5.41, 5.74) is -3.37. The van der Waals surface area contributed by atoms with Crippen LogP contribution >= 0.6 is 0 Å². The molecule has 1 aliphatic rings. The van der Waals surface area contributed by atoms with E-state index >= 15 is 0 Å². The standard InChI is InChI=1S/C23H30O7/c1-10(2)8-12(16-14(26)9-13(25)15(11(3)24)18(16)27)17-19(28)22(4,5)21(30)23(6,7)20(17)29/h9-10,12,25-28H,8H2,1-7H3/t12-/m1/s1. The first-order valence-electron chi connectivity index (χ1n) is 9.88. The zero-order chi connectivity index (χ0) is 23.3. The molecule has 7 nitrogen and oxygen atoms in total. The second-order valence-corrected chi connectivity index (χ2v) is 9.46. The van der Waals surface area contributed by atoms with Crippen molar-refractivity contribution in [2.75, 3.05) is 0 Å². The Morgan fingerprint density at radius 1 is 0.967 bits per heavy atom. The Bertz CT molecular complexity index is 964. The molecule has 30 heavy (non-hydrogen) atoms. The van der Waals surface area contributed by atoms with E-state index in [0.29, 0.717) is 0 Å². The molecule has 1 aromatic rings. The number of aliphatic hydroxyl groups excluding tert-OH is 1. The van der Waals surface area contributed by atoms with Gasteiger partial charge in [-0.2, -0.15) is 0 Å². The monoisotopic (exact) mass is 418 g/mol. The first-order valence-corrected chi connectivity index (χ1v) is 9.88. The summed E-state index contributed by atoms with van der Waals surface area (Å²) < 4.78 is 0. The Labute approximate surface area is 176 Å². The third-order valence-electron chi connectivity index (χ3n) is 5.85. The highest BCUT2D eigenvalue weighted by Crippen LogP contribution is 2.52. The average molecular weight is 418 g/mol. The van der Waals surface area contributed by atoms with Gasteiger partial charge in [0.25, 0.3) is 0 Å². The van der Waals surface area contributed by atoms with Gasteiger partial charge in [0.05, 0.1) is 10.8 Å². The zero-order valence-electron chi connectivity index (χ0n) is 18.5. The molecule has 0 fully saturated rings. The van der Waals surface area contributed by atoms with E-state index in [1.54, 1.807) is 0 Å². The van der Waals surface area contributed by atoms with E-state index in [0.717, 1.165) is 13.0 Å². The number of ketones is 3. The highest BCUT2D eigenvalue weighted by molar-refractivity contribution is 6.19. The van der Waals surface area contributed by atoms with Crippen molar-refractivity contribution >= 4 is 17.3 Å². The van der Waals surface area contributed by atoms with E-state index in [1.165, 1.54) is 27.7 Å². The van der Waals surface area contributed by atoms with Crippen LogP contribution in [0, 0.1) is 16.7 Å². The lowest BCUT2D eigenvalue weighted by atomic mass is 9.60. The van der Waals surface area contributed by atoms with E-state index in [9.17, 15) is 34.8 Å². The molecule has 0 saturated carbocycles. The van der Waals surface area contributed by atoms with Crippen molar-refractivity contribution in [2.45, 2.75) is 60.8 Å². The van der Waals surface area contributed by atoms with Crippen LogP contribution in [0.25, 0.3) is 0 Å². The van der Waals surface area contributed by atoms with Gasteiger partial charge in [-0.15, -0.1) is 0 Å². The Kier molecular flexibility index (Phi) is 5.82. The van der Waals surface area contributed by atoms with Gasteiger partial charge in [-0.05, 0) is 47.0 Å². The maximum absolute atomic E-state index is 13.3. The molecule has 0 amide bonds.